The van der Waals surface area contributed by atoms with Crippen LogP contribution in [-0.4, -0.2) is 36.4 Å². The first-order valence-electron chi connectivity index (χ1n) is 6.18. The van der Waals surface area contributed by atoms with Gasteiger partial charge in [0, 0.05) is 6.54 Å². The van der Waals surface area contributed by atoms with Gasteiger partial charge in [0.25, 0.3) is 0 Å². The van der Waals surface area contributed by atoms with Crippen LogP contribution in [0.15, 0.2) is 24.3 Å². The summed E-state index contributed by atoms with van der Waals surface area (Å²) in [6.07, 6.45) is 0.992. The first-order valence-corrected chi connectivity index (χ1v) is 7.79. The van der Waals surface area contributed by atoms with E-state index >= 15 is 0 Å². The van der Waals surface area contributed by atoms with Crippen molar-refractivity contribution in [2.24, 2.45) is 0 Å². The lowest BCUT2D eigenvalue weighted by atomic mass is 10.2. The maximum absolute atomic E-state index is 12.3. The molecule has 1 aliphatic heterocycles. The number of carboxylic acids is 1. The Bertz CT molecular complexity index is 582. The Balaban J connectivity index is 2.21. The number of carbonyl (C=O) groups is 1. The van der Waals surface area contributed by atoms with Crippen LogP contribution >= 0.6 is 0 Å². The summed E-state index contributed by atoms with van der Waals surface area (Å²) in [7, 11) is -3.57. The van der Waals surface area contributed by atoms with Gasteiger partial charge in [-0.1, -0.05) is 29.8 Å². The van der Waals surface area contributed by atoms with Crippen LogP contribution in [0.3, 0.4) is 0 Å². The Kier molecular flexibility index (Phi) is 3.91. The van der Waals surface area contributed by atoms with Gasteiger partial charge in [-0.15, -0.1) is 0 Å². The molecule has 1 saturated heterocycles. The summed E-state index contributed by atoms with van der Waals surface area (Å²) in [5.74, 6) is -1.20. The second-order valence-electron chi connectivity index (χ2n) is 4.85. The van der Waals surface area contributed by atoms with Gasteiger partial charge in [-0.3, -0.25) is 4.79 Å². The predicted octanol–water partition coefficient (Wildman–Crippen LogP) is 1.37. The molecule has 5 nitrogen and oxygen atoms in total. The lowest BCUT2D eigenvalue weighted by molar-refractivity contribution is -0.140. The van der Waals surface area contributed by atoms with Crippen molar-refractivity contribution in [3.63, 3.8) is 0 Å². The van der Waals surface area contributed by atoms with Gasteiger partial charge < -0.3 is 5.11 Å². The van der Waals surface area contributed by atoms with Crippen molar-refractivity contribution in [2.75, 3.05) is 6.54 Å². The second kappa shape index (κ2) is 5.30. The molecule has 1 N–H and O–H groups in total. The van der Waals surface area contributed by atoms with E-state index in [0.717, 1.165) is 9.87 Å². The van der Waals surface area contributed by atoms with Crippen LogP contribution in [0.1, 0.15) is 24.0 Å². The largest absolute Gasteiger partial charge is 0.480 e. The van der Waals surface area contributed by atoms with Gasteiger partial charge in [0.05, 0.1) is 5.75 Å². The molecule has 0 aromatic heterocycles. The molecule has 2 rings (SSSR count). The zero-order valence-corrected chi connectivity index (χ0v) is 11.6. The van der Waals surface area contributed by atoms with E-state index in [-0.39, 0.29) is 5.75 Å². The molecule has 19 heavy (non-hydrogen) atoms. The maximum Gasteiger partial charge on any atom is 0.322 e. The fraction of sp³-hybridized carbons (Fsp3) is 0.462. The number of hydrogen-bond donors (Lipinski definition) is 1. The Hall–Kier alpha value is -1.40. The Labute approximate surface area is 112 Å². The Morgan fingerprint density at radius 2 is 2.21 bits per heavy atom. The fourth-order valence-electron chi connectivity index (χ4n) is 2.42. The van der Waals surface area contributed by atoms with Gasteiger partial charge in [0.15, 0.2) is 0 Å². The zero-order chi connectivity index (χ0) is 14.0. The topological polar surface area (TPSA) is 74.7 Å². The van der Waals surface area contributed by atoms with Gasteiger partial charge >= 0.3 is 5.97 Å². The summed E-state index contributed by atoms with van der Waals surface area (Å²) < 4.78 is 25.7. The number of sulfonamides is 1. The monoisotopic (exact) mass is 283 g/mol. The van der Waals surface area contributed by atoms with Gasteiger partial charge in [0.2, 0.25) is 10.0 Å². The van der Waals surface area contributed by atoms with E-state index in [1.54, 1.807) is 12.1 Å². The number of carboxylic acid groups (broad SMARTS) is 1. The molecule has 104 valence electrons. The summed E-state index contributed by atoms with van der Waals surface area (Å²) >= 11 is 0. The molecule has 0 aliphatic carbocycles. The first kappa shape index (κ1) is 14.0. The smallest absolute Gasteiger partial charge is 0.322 e. The lowest BCUT2D eigenvalue weighted by Crippen LogP contribution is -2.40. The van der Waals surface area contributed by atoms with E-state index in [4.69, 9.17) is 5.11 Å². The van der Waals surface area contributed by atoms with Crippen molar-refractivity contribution in [2.45, 2.75) is 31.6 Å². The van der Waals surface area contributed by atoms with E-state index in [0.29, 0.717) is 24.9 Å². The minimum absolute atomic E-state index is 0.140. The molecule has 6 heteroatoms. The molecule has 1 aromatic rings. The highest BCUT2D eigenvalue weighted by Crippen LogP contribution is 2.23. The number of hydrogen-bond acceptors (Lipinski definition) is 3. The number of aryl methyl sites for hydroxylation is 1. The van der Waals surface area contributed by atoms with Crippen LogP contribution in [0.5, 0.6) is 0 Å². The molecule has 1 aliphatic rings. The standard InChI is InChI=1S/C13H17NO4S/c1-10-4-2-5-11(8-10)9-19(17,18)14-7-3-6-12(14)13(15)16/h2,4-5,8,12H,3,6-7,9H2,1H3,(H,15,16). The second-order valence-corrected chi connectivity index (χ2v) is 6.77. The SMILES string of the molecule is Cc1cccc(CS(=O)(=O)N2CCCC2C(=O)O)c1. The van der Waals surface area contributed by atoms with Crippen LogP contribution in [0.2, 0.25) is 0 Å². The first-order chi connectivity index (χ1) is 8.90. The minimum Gasteiger partial charge on any atom is -0.480 e. The van der Waals surface area contributed by atoms with E-state index < -0.39 is 22.0 Å². The van der Waals surface area contributed by atoms with Crippen LogP contribution in [0.4, 0.5) is 0 Å². The Morgan fingerprint density at radius 3 is 2.84 bits per heavy atom. The molecular weight excluding hydrogens is 266 g/mol. The predicted molar refractivity (Wildman–Crippen MR) is 71.2 cm³/mol. The molecule has 1 aromatic carbocycles. The highest BCUT2D eigenvalue weighted by molar-refractivity contribution is 7.88. The Morgan fingerprint density at radius 1 is 1.47 bits per heavy atom. The summed E-state index contributed by atoms with van der Waals surface area (Å²) in [6, 6.07) is 6.35. The lowest BCUT2D eigenvalue weighted by Gasteiger charge is -2.21. The molecule has 1 heterocycles. The van der Waals surface area contributed by atoms with Crippen LogP contribution in [0, 0.1) is 6.92 Å². The van der Waals surface area contributed by atoms with Crippen LogP contribution < -0.4 is 0 Å². The summed E-state index contributed by atoms with van der Waals surface area (Å²) in [4.78, 5) is 11.1. The van der Waals surface area contributed by atoms with Gasteiger partial charge in [-0.05, 0) is 25.3 Å². The molecule has 0 amide bonds. The maximum atomic E-state index is 12.3. The quantitative estimate of drug-likeness (QED) is 0.905. The van der Waals surface area contributed by atoms with E-state index in [1.165, 1.54) is 0 Å². The van der Waals surface area contributed by atoms with E-state index in [9.17, 15) is 13.2 Å². The summed E-state index contributed by atoms with van der Waals surface area (Å²) in [5.41, 5.74) is 1.68. The normalized spacial score (nSPS) is 20.6. The minimum atomic E-state index is -3.57. The van der Waals surface area contributed by atoms with Crippen molar-refractivity contribution in [1.82, 2.24) is 4.31 Å². The highest BCUT2D eigenvalue weighted by Gasteiger charge is 2.38. The van der Waals surface area contributed by atoms with Gasteiger partial charge in [0.1, 0.15) is 6.04 Å². The average Bonchev–Trinajstić information content (AvgIpc) is 2.77. The molecule has 0 radical (unpaired) electrons. The molecule has 1 unspecified atom stereocenters. The average molecular weight is 283 g/mol. The fourth-order valence-corrected chi connectivity index (χ4v) is 4.17. The van der Waals surface area contributed by atoms with Crippen molar-refractivity contribution in [3.05, 3.63) is 35.4 Å². The summed E-state index contributed by atoms with van der Waals surface area (Å²) in [6.45, 7) is 2.19. The van der Waals surface area contributed by atoms with Crippen molar-refractivity contribution in [1.29, 1.82) is 0 Å². The van der Waals surface area contributed by atoms with Crippen molar-refractivity contribution < 1.29 is 18.3 Å². The number of nitrogens with zero attached hydrogens (tertiary/aromatic N) is 1. The number of rotatable bonds is 4. The molecule has 0 saturated carbocycles. The molecular formula is C13H17NO4S. The van der Waals surface area contributed by atoms with E-state index in [2.05, 4.69) is 0 Å². The molecule has 1 atom stereocenters. The van der Waals surface area contributed by atoms with Crippen LogP contribution in [-0.2, 0) is 20.6 Å². The van der Waals surface area contributed by atoms with Crippen LogP contribution in [0.25, 0.3) is 0 Å². The summed E-state index contributed by atoms with van der Waals surface area (Å²) in [5, 5.41) is 9.05. The molecule has 0 bridgehead atoms. The van der Waals surface area contributed by atoms with Crippen molar-refractivity contribution >= 4 is 16.0 Å². The third-order valence-corrected chi connectivity index (χ3v) is 5.13. The zero-order valence-electron chi connectivity index (χ0n) is 10.7. The number of aliphatic carboxylic acids is 1. The molecule has 1 fully saturated rings. The highest BCUT2D eigenvalue weighted by atomic mass is 32.2. The number of benzene rings is 1. The third-order valence-electron chi connectivity index (χ3n) is 3.28. The van der Waals surface area contributed by atoms with E-state index in [1.807, 2.05) is 19.1 Å². The van der Waals surface area contributed by atoms with Crippen molar-refractivity contribution in [3.8, 4) is 0 Å². The third kappa shape index (κ3) is 3.13. The van der Waals surface area contributed by atoms with Gasteiger partial charge in [-0.2, -0.15) is 4.31 Å². The molecule has 0 spiro atoms. The van der Waals surface area contributed by atoms with Gasteiger partial charge in [-0.25, -0.2) is 8.42 Å².